The lowest BCUT2D eigenvalue weighted by Gasteiger charge is -2.18. The van der Waals surface area contributed by atoms with Crippen LogP contribution < -0.4 is 14.8 Å². The quantitative estimate of drug-likeness (QED) is 0.669. The summed E-state index contributed by atoms with van der Waals surface area (Å²) in [6.45, 7) is 0.572. The van der Waals surface area contributed by atoms with E-state index >= 15 is 0 Å². The van der Waals surface area contributed by atoms with Crippen molar-refractivity contribution in [3.05, 3.63) is 59.2 Å². The summed E-state index contributed by atoms with van der Waals surface area (Å²) < 4.78 is 49.2. The monoisotopic (exact) mass is 450 g/mol. The fraction of sp³-hybridized carbons (Fsp3) is 0.391. The van der Waals surface area contributed by atoms with Crippen LogP contribution in [-0.4, -0.2) is 44.0 Å². The van der Waals surface area contributed by atoms with Crippen molar-refractivity contribution in [2.45, 2.75) is 25.6 Å². The molecule has 3 rings (SSSR count). The number of hydrogen-bond acceptors (Lipinski definition) is 4. The third kappa shape index (κ3) is 5.72. The van der Waals surface area contributed by atoms with Gasteiger partial charge in [-0.15, -0.1) is 0 Å². The maximum absolute atomic E-state index is 12.9. The van der Waals surface area contributed by atoms with Crippen LogP contribution in [0.2, 0.25) is 0 Å². The van der Waals surface area contributed by atoms with Crippen molar-refractivity contribution < 1.29 is 32.2 Å². The first-order valence-electron chi connectivity index (χ1n) is 10.1. The number of likely N-dealkylation sites (tertiary alicyclic amines) is 1. The Morgan fingerprint density at radius 2 is 1.94 bits per heavy atom. The van der Waals surface area contributed by atoms with Gasteiger partial charge in [0.15, 0.2) is 0 Å². The molecule has 1 heterocycles. The van der Waals surface area contributed by atoms with Crippen LogP contribution in [0.5, 0.6) is 11.5 Å². The minimum atomic E-state index is -4.44. The average Bonchev–Trinajstić information content (AvgIpc) is 3.13. The van der Waals surface area contributed by atoms with E-state index in [2.05, 4.69) is 5.32 Å². The van der Waals surface area contributed by atoms with Crippen LogP contribution in [0.3, 0.4) is 0 Å². The highest BCUT2D eigenvalue weighted by Gasteiger charge is 2.35. The molecule has 0 aromatic heterocycles. The largest absolute Gasteiger partial charge is 0.497 e. The molecule has 1 N–H and O–H groups in total. The lowest BCUT2D eigenvalue weighted by Crippen LogP contribution is -2.34. The van der Waals surface area contributed by atoms with Crippen molar-refractivity contribution in [1.29, 1.82) is 0 Å². The number of carbonyl (C=O) groups excluding carboxylic acids is 2. The number of hydrogen-bond donors (Lipinski definition) is 1. The lowest BCUT2D eigenvalue weighted by molar-refractivity contribution is -0.137. The Morgan fingerprint density at radius 1 is 1.16 bits per heavy atom. The number of halogens is 3. The van der Waals surface area contributed by atoms with E-state index < -0.39 is 17.7 Å². The molecule has 9 heteroatoms. The summed E-state index contributed by atoms with van der Waals surface area (Å²) in [5.41, 5.74) is 0.521. The predicted molar refractivity (Wildman–Crippen MR) is 111 cm³/mol. The van der Waals surface area contributed by atoms with Gasteiger partial charge in [0.1, 0.15) is 11.5 Å². The van der Waals surface area contributed by atoms with Gasteiger partial charge in [0, 0.05) is 32.1 Å². The van der Waals surface area contributed by atoms with Gasteiger partial charge >= 0.3 is 6.18 Å². The summed E-state index contributed by atoms with van der Waals surface area (Å²) in [5.74, 6) is 0.282. The normalized spacial score (nSPS) is 16.2. The molecule has 0 aliphatic carbocycles. The van der Waals surface area contributed by atoms with Crippen molar-refractivity contribution in [2.24, 2.45) is 5.92 Å². The number of alkyl halides is 3. The molecule has 6 nitrogen and oxygen atoms in total. The summed E-state index contributed by atoms with van der Waals surface area (Å²) in [4.78, 5) is 26.3. The van der Waals surface area contributed by atoms with E-state index in [0.717, 1.165) is 17.7 Å². The van der Waals surface area contributed by atoms with Gasteiger partial charge in [0.2, 0.25) is 11.8 Å². The molecule has 1 fully saturated rings. The summed E-state index contributed by atoms with van der Waals surface area (Å²) >= 11 is 0. The number of benzene rings is 2. The first kappa shape index (κ1) is 23.4. The van der Waals surface area contributed by atoms with Gasteiger partial charge in [-0.3, -0.25) is 9.59 Å². The number of nitrogens with one attached hydrogen (secondary N) is 1. The summed E-state index contributed by atoms with van der Waals surface area (Å²) in [6.07, 6.45) is -3.87. The van der Waals surface area contributed by atoms with Gasteiger partial charge in [-0.25, -0.2) is 0 Å². The maximum atomic E-state index is 12.9. The Labute approximate surface area is 184 Å². The Morgan fingerprint density at radius 3 is 2.62 bits per heavy atom. The van der Waals surface area contributed by atoms with Gasteiger partial charge in [-0.2, -0.15) is 13.2 Å². The topological polar surface area (TPSA) is 67.9 Å². The van der Waals surface area contributed by atoms with Crippen LogP contribution in [0.15, 0.2) is 42.5 Å². The molecule has 2 amide bonds. The number of carbonyl (C=O) groups is 2. The van der Waals surface area contributed by atoms with Gasteiger partial charge in [-0.1, -0.05) is 18.2 Å². The highest BCUT2D eigenvalue weighted by Crippen LogP contribution is 2.30. The molecule has 0 radical (unpaired) electrons. The van der Waals surface area contributed by atoms with Crippen LogP contribution in [0.1, 0.15) is 23.1 Å². The molecule has 1 aliphatic heterocycles. The van der Waals surface area contributed by atoms with E-state index in [9.17, 15) is 22.8 Å². The fourth-order valence-electron chi connectivity index (χ4n) is 3.69. The molecular weight excluding hydrogens is 425 g/mol. The number of methoxy groups -OCH3 is 2. The molecule has 0 saturated carbocycles. The van der Waals surface area contributed by atoms with Crippen molar-refractivity contribution in [2.75, 3.05) is 27.3 Å². The molecular formula is C23H25F3N2O4. The maximum Gasteiger partial charge on any atom is 0.416 e. The first-order valence-corrected chi connectivity index (χ1v) is 10.1. The molecule has 0 spiro atoms. The second-order valence-electron chi connectivity index (χ2n) is 7.59. The standard InChI is InChI=1S/C23H25F3N2O4/c1-31-19-7-6-16(20(12-19)32-2)8-9-27-22(30)17-11-21(29)28(14-17)13-15-4-3-5-18(10-15)23(24,25)26/h3-7,10,12,17H,8-9,11,13-14H2,1-2H3,(H,27,30). The smallest absolute Gasteiger partial charge is 0.416 e. The Hall–Kier alpha value is -3.23. The lowest BCUT2D eigenvalue weighted by atomic mass is 10.1. The van der Waals surface area contributed by atoms with E-state index in [-0.39, 0.29) is 31.3 Å². The first-order chi connectivity index (χ1) is 15.2. The van der Waals surface area contributed by atoms with Gasteiger partial charge in [0.25, 0.3) is 0 Å². The zero-order valence-electron chi connectivity index (χ0n) is 17.9. The van der Waals surface area contributed by atoms with Gasteiger partial charge < -0.3 is 19.7 Å². The highest BCUT2D eigenvalue weighted by atomic mass is 19.4. The fourth-order valence-corrected chi connectivity index (χ4v) is 3.69. The molecule has 172 valence electrons. The van der Waals surface area contributed by atoms with E-state index in [0.29, 0.717) is 30.0 Å². The van der Waals surface area contributed by atoms with Crippen molar-refractivity contribution in [1.82, 2.24) is 10.2 Å². The number of rotatable bonds is 8. The second kappa shape index (κ2) is 9.93. The Kier molecular flexibility index (Phi) is 7.27. The molecule has 2 aromatic carbocycles. The van der Waals surface area contributed by atoms with Crippen molar-refractivity contribution >= 4 is 11.8 Å². The van der Waals surface area contributed by atoms with Crippen molar-refractivity contribution in [3.63, 3.8) is 0 Å². The van der Waals surface area contributed by atoms with Gasteiger partial charge in [-0.05, 0) is 35.7 Å². The zero-order valence-corrected chi connectivity index (χ0v) is 17.9. The van der Waals surface area contributed by atoms with E-state index in [1.165, 1.54) is 17.0 Å². The number of ether oxygens (including phenoxy) is 2. The van der Waals surface area contributed by atoms with E-state index in [4.69, 9.17) is 9.47 Å². The molecule has 0 bridgehead atoms. The molecule has 1 unspecified atom stereocenters. The number of nitrogens with zero attached hydrogens (tertiary/aromatic N) is 1. The molecule has 1 atom stereocenters. The average molecular weight is 450 g/mol. The summed E-state index contributed by atoms with van der Waals surface area (Å²) in [7, 11) is 3.12. The van der Waals surface area contributed by atoms with Crippen LogP contribution in [0.25, 0.3) is 0 Å². The van der Waals surface area contributed by atoms with Crippen LogP contribution in [0, 0.1) is 5.92 Å². The SMILES string of the molecule is COc1ccc(CCNC(=O)C2CC(=O)N(Cc3cccc(C(F)(F)F)c3)C2)c(OC)c1. The Balaban J connectivity index is 1.53. The van der Waals surface area contributed by atoms with Crippen LogP contribution in [-0.2, 0) is 28.7 Å². The molecule has 1 saturated heterocycles. The Bertz CT molecular complexity index is 978. The van der Waals surface area contributed by atoms with Crippen molar-refractivity contribution in [3.8, 4) is 11.5 Å². The zero-order chi connectivity index (χ0) is 23.3. The predicted octanol–water partition coefficient (Wildman–Crippen LogP) is 3.43. The molecule has 1 aliphatic rings. The van der Waals surface area contributed by atoms with Crippen LogP contribution >= 0.6 is 0 Å². The van der Waals surface area contributed by atoms with Crippen LogP contribution in [0.4, 0.5) is 13.2 Å². The second-order valence-corrected chi connectivity index (χ2v) is 7.59. The van der Waals surface area contributed by atoms with E-state index in [1.54, 1.807) is 26.4 Å². The van der Waals surface area contributed by atoms with Gasteiger partial charge in [0.05, 0.1) is 25.7 Å². The molecule has 32 heavy (non-hydrogen) atoms. The third-order valence-electron chi connectivity index (χ3n) is 5.40. The van der Waals surface area contributed by atoms with E-state index in [1.807, 2.05) is 6.07 Å². The highest BCUT2D eigenvalue weighted by molar-refractivity contribution is 5.89. The minimum Gasteiger partial charge on any atom is -0.497 e. The third-order valence-corrected chi connectivity index (χ3v) is 5.40. The minimum absolute atomic E-state index is 0.0373. The summed E-state index contributed by atoms with van der Waals surface area (Å²) in [5, 5.41) is 2.83. The number of amides is 2. The molecule has 2 aromatic rings. The summed E-state index contributed by atoms with van der Waals surface area (Å²) in [6, 6.07) is 10.3.